The molecule has 2 rings (SSSR count). The number of aromatic nitrogens is 1. The van der Waals surface area contributed by atoms with Gasteiger partial charge in [-0.15, -0.1) is 0 Å². The topological polar surface area (TPSA) is 97.8 Å². The largest absolute Gasteiger partial charge is 0.444 e. The number of pyridine rings is 1. The fourth-order valence-electron chi connectivity index (χ4n) is 2.72. The van der Waals surface area contributed by atoms with E-state index in [0.29, 0.717) is 24.5 Å². The third-order valence-electron chi connectivity index (χ3n) is 3.79. The molecule has 1 saturated heterocycles. The van der Waals surface area contributed by atoms with Gasteiger partial charge in [0.05, 0.1) is 6.54 Å². The zero-order valence-electron chi connectivity index (χ0n) is 17.4. The molecular formula is C20H29N3O5. The molecule has 1 aromatic rings. The maximum absolute atomic E-state index is 12.3. The van der Waals surface area contributed by atoms with Crippen molar-refractivity contribution in [1.29, 1.82) is 0 Å². The van der Waals surface area contributed by atoms with E-state index < -0.39 is 23.4 Å². The minimum absolute atomic E-state index is 0.0295. The van der Waals surface area contributed by atoms with Gasteiger partial charge in [0.1, 0.15) is 17.0 Å². The molecule has 2 amide bonds. The van der Waals surface area contributed by atoms with Crippen LogP contribution in [0.25, 0.3) is 0 Å². The molecule has 2 heterocycles. The number of amides is 2. The van der Waals surface area contributed by atoms with Crippen LogP contribution in [-0.4, -0.2) is 52.1 Å². The first-order chi connectivity index (χ1) is 12.8. The molecule has 1 aromatic heterocycles. The Hall–Kier alpha value is -2.64. The van der Waals surface area contributed by atoms with E-state index in [4.69, 9.17) is 9.47 Å². The summed E-state index contributed by atoms with van der Waals surface area (Å²) in [4.78, 5) is 42.2. The van der Waals surface area contributed by atoms with Gasteiger partial charge in [0.25, 0.3) is 0 Å². The van der Waals surface area contributed by atoms with Crippen molar-refractivity contribution in [2.45, 2.75) is 59.2 Å². The minimum Gasteiger partial charge on any atom is -0.444 e. The summed E-state index contributed by atoms with van der Waals surface area (Å²) in [5.74, 6) is -0.0313. The number of anilines is 1. The third kappa shape index (κ3) is 6.83. The van der Waals surface area contributed by atoms with Gasteiger partial charge >= 0.3 is 12.2 Å². The lowest BCUT2D eigenvalue weighted by Crippen LogP contribution is -2.35. The van der Waals surface area contributed by atoms with Crippen LogP contribution in [0, 0.1) is 5.92 Å². The normalized spacial score (nSPS) is 17.4. The number of nitrogens with one attached hydrogen (secondary N) is 1. The zero-order valence-corrected chi connectivity index (χ0v) is 17.4. The molecule has 154 valence electrons. The molecule has 1 aliphatic rings. The molecule has 0 radical (unpaired) electrons. The Morgan fingerprint density at radius 2 is 1.79 bits per heavy atom. The van der Waals surface area contributed by atoms with Gasteiger partial charge in [-0.2, -0.15) is 0 Å². The SMILES string of the molecule is CC(C)(C)OC(=O)Nc1cccc(CC2CN(C(=O)OC(C)(C)C)CC2=O)n1. The molecule has 0 aromatic carbocycles. The fourth-order valence-corrected chi connectivity index (χ4v) is 2.72. The molecule has 8 heteroatoms. The van der Waals surface area contributed by atoms with Crippen molar-refractivity contribution in [3.63, 3.8) is 0 Å². The third-order valence-corrected chi connectivity index (χ3v) is 3.79. The molecule has 1 unspecified atom stereocenters. The van der Waals surface area contributed by atoms with Gasteiger partial charge in [-0.25, -0.2) is 14.6 Å². The Balaban J connectivity index is 1.97. The Labute approximate surface area is 165 Å². The van der Waals surface area contributed by atoms with Gasteiger partial charge in [0.15, 0.2) is 5.78 Å². The second-order valence-corrected chi connectivity index (χ2v) is 8.87. The van der Waals surface area contributed by atoms with Crippen LogP contribution in [0.3, 0.4) is 0 Å². The first-order valence-corrected chi connectivity index (χ1v) is 9.29. The first-order valence-electron chi connectivity index (χ1n) is 9.29. The lowest BCUT2D eigenvalue weighted by molar-refractivity contribution is -0.119. The lowest BCUT2D eigenvalue weighted by atomic mass is 10.0. The van der Waals surface area contributed by atoms with Crippen LogP contribution < -0.4 is 5.32 Å². The zero-order chi connectivity index (χ0) is 21.1. The van der Waals surface area contributed by atoms with Gasteiger partial charge in [0.2, 0.25) is 0 Å². The highest BCUT2D eigenvalue weighted by Crippen LogP contribution is 2.21. The summed E-state index contributed by atoms with van der Waals surface area (Å²) in [7, 11) is 0. The van der Waals surface area contributed by atoms with Crippen molar-refractivity contribution in [2.75, 3.05) is 18.4 Å². The number of likely N-dealkylation sites (tertiary alicyclic amines) is 1. The summed E-state index contributed by atoms with van der Waals surface area (Å²) >= 11 is 0. The average Bonchev–Trinajstić information content (AvgIpc) is 2.85. The molecule has 1 N–H and O–H groups in total. The number of carbonyl (C=O) groups is 3. The van der Waals surface area contributed by atoms with Crippen LogP contribution in [0.4, 0.5) is 15.4 Å². The summed E-state index contributed by atoms with van der Waals surface area (Å²) in [5, 5.41) is 2.59. The van der Waals surface area contributed by atoms with E-state index in [1.54, 1.807) is 59.7 Å². The highest BCUT2D eigenvalue weighted by atomic mass is 16.6. The van der Waals surface area contributed by atoms with E-state index in [2.05, 4.69) is 10.3 Å². The van der Waals surface area contributed by atoms with Gasteiger partial charge < -0.3 is 14.4 Å². The second-order valence-electron chi connectivity index (χ2n) is 8.87. The summed E-state index contributed by atoms with van der Waals surface area (Å²) in [6.45, 7) is 11.0. The number of ketones is 1. The van der Waals surface area contributed by atoms with E-state index in [1.165, 1.54) is 4.90 Å². The van der Waals surface area contributed by atoms with Crippen LogP contribution in [0.2, 0.25) is 0 Å². The Kier molecular flexibility index (Phi) is 6.31. The van der Waals surface area contributed by atoms with E-state index in [9.17, 15) is 14.4 Å². The van der Waals surface area contributed by atoms with Crippen LogP contribution in [0.1, 0.15) is 47.2 Å². The van der Waals surface area contributed by atoms with E-state index in [1.807, 2.05) is 0 Å². The summed E-state index contributed by atoms with van der Waals surface area (Å²) in [5.41, 5.74) is -0.567. The molecule has 8 nitrogen and oxygen atoms in total. The number of nitrogens with zero attached hydrogens (tertiary/aromatic N) is 2. The van der Waals surface area contributed by atoms with Crippen molar-refractivity contribution in [1.82, 2.24) is 9.88 Å². The van der Waals surface area contributed by atoms with Crippen molar-refractivity contribution in [2.24, 2.45) is 5.92 Å². The number of hydrogen-bond acceptors (Lipinski definition) is 6. The van der Waals surface area contributed by atoms with E-state index >= 15 is 0 Å². The highest BCUT2D eigenvalue weighted by molar-refractivity contribution is 5.89. The van der Waals surface area contributed by atoms with E-state index in [-0.39, 0.29) is 18.2 Å². The predicted molar refractivity (Wildman–Crippen MR) is 104 cm³/mol. The van der Waals surface area contributed by atoms with Gasteiger partial charge in [-0.1, -0.05) is 6.07 Å². The second kappa shape index (κ2) is 8.16. The Morgan fingerprint density at radius 1 is 1.14 bits per heavy atom. The van der Waals surface area contributed by atoms with Gasteiger partial charge in [0, 0.05) is 24.6 Å². The van der Waals surface area contributed by atoms with Crippen molar-refractivity contribution >= 4 is 23.8 Å². The summed E-state index contributed by atoms with van der Waals surface area (Å²) < 4.78 is 10.5. The molecule has 28 heavy (non-hydrogen) atoms. The molecule has 1 atom stereocenters. The maximum atomic E-state index is 12.3. The molecule has 1 aliphatic heterocycles. The summed E-state index contributed by atoms with van der Waals surface area (Å²) in [6.07, 6.45) is -0.705. The number of rotatable bonds is 3. The molecule has 0 bridgehead atoms. The van der Waals surface area contributed by atoms with Crippen LogP contribution in [0.5, 0.6) is 0 Å². The summed E-state index contributed by atoms with van der Waals surface area (Å²) in [6, 6.07) is 5.18. The van der Waals surface area contributed by atoms with Gasteiger partial charge in [-0.3, -0.25) is 10.1 Å². The van der Waals surface area contributed by atoms with Gasteiger partial charge in [-0.05, 0) is 53.7 Å². The molecule has 1 fully saturated rings. The Morgan fingerprint density at radius 3 is 2.39 bits per heavy atom. The number of hydrogen-bond donors (Lipinski definition) is 1. The number of ether oxygens (including phenoxy) is 2. The lowest BCUT2D eigenvalue weighted by Gasteiger charge is -2.24. The van der Waals surface area contributed by atoms with Crippen molar-refractivity contribution in [3.05, 3.63) is 23.9 Å². The maximum Gasteiger partial charge on any atom is 0.413 e. The fraction of sp³-hybridized carbons (Fsp3) is 0.600. The van der Waals surface area contributed by atoms with E-state index in [0.717, 1.165) is 0 Å². The quantitative estimate of drug-likeness (QED) is 0.848. The number of Topliss-reactive ketones (excluding diaryl/α,β-unsaturated/α-hetero) is 1. The van der Waals surface area contributed by atoms with Crippen molar-refractivity contribution in [3.8, 4) is 0 Å². The number of carbonyl (C=O) groups excluding carboxylic acids is 3. The predicted octanol–water partition coefficient (Wildman–Crippen LogP) is 3.41. The minimum atomic E-state index is -0.610. The smallest absolute Gasteiger partial charge is 0.413 e. The van der Waals surface area contributed by atoms with Crippen LogP contribution in [-0.2, 0) is 20.7 Å². The Bertz CT molecular complexity index is 749. The van der Waals surface area contributed by atoms with Crippen molar-refractivity contribution < 1.29 is 23.9 Å². The molecule has 0 spiro atoms. The highest BCUT2D eigenvalue weighted by Gasteiger charge is 2.36. The molecule has 0 aliphatic carbocycles. The molecular weight excluding hydrogens is 362 g/mol. The van der Waals surface area contributed by atoms with Crippen LogP contribution in [0.15, 0.2) is 18.2 Å². The monoisotopic (exact) mass is 391 g/mol. The standard InChI is InChI=1S/C20H29N3O5/c1-19(2,3)27-17(25)22-16-9-7-8-14(21-16)10-13-11-23(12-15(13)24)18(26)28-20(4,5)6/h7-9,13H,10-12H2,1-6H3,(H,21,22,25). The van der Waals surface area contributed by atoms with Crippen LogP contribution >= 0.6 is 0 Å². The first kappa shape index (κ1) is 21.7. The molecule has 0 saturated carbocycles. The average molecular weight is 391 g/mol.